The first-order valence-corrected chi connectivity index (χ1v) is 10.4. The summed E-state index contributed by atoms with van der Waals surface area (Å²) < 4.78 is 5.20. The van der Waals surface area contributed by atoms with Gasteiger partial charge in [0.2, 0.25) is 0 Å². The summed E-state index contributed by atoms with van der Waals surface area (Å²) in [6.45, 7) is 0.163. The molecule has 0 radical (unpaired) electrons. The lowest BCUT2D eigenvalue weighted by atomic mass is 9.98. The number of methoxy groups -OCH3 is 1. The fourth-order valence-corrected chi connectivity index (χ4v) is 3.72. The van der Waals surface area contributed by atoms with E-state index in [0.29, 0.717) is 10.6 Å². The smallest absolute Gasteiger partial charge is 0.258 e. The number of nitrogens with zero attached hydrogens (tertiary/aromatic N) is 1. The Kier molecular flexibility index (Phi) is 6.26. The number of amides is 1. The maximum absolute atomic E-state index is 13.2. The second kappa shape index (κ2) is 9.25. The van der Waals surface area contributed by atoms with Crippen LogP contribution in [-0.2, 0) is 0 Å². The van der Waals surface area contributed by atoms with E-state index in [1.165, 1.54) is 0 Å². The number of rotatable bonds is 5. The van der Waals surface area contributed by atoms with Gasteiger partial charge in [0.1, 0.15) is 5.75 Å². The molecule has 6 heteroatoms. The molecule has 0 fully saturated rings. The molecule has 0 aliphatic carbocycles. The maximum Gasteiger partial charge on any atom is 0.258 e. The third-order valence-corrected chi connectivity index (χ3v) is 5.49. The molecule has 1 amide bonds. The Morgan fingerprint density at radius 3 is 2.35 bits per heavy atom. The van der Waals surface area contributed by atoms with Crippen LogP contribution in [0.1, 0.15) is 15.9 Å². The highest BCUT2D eigenvalue weighted by atomic mass is 35.5. The summed E-state index contributed by atoms with van der Waals surface area (Å²) >= 11 is 6.07. The van der Waals surface area contributed by atoms with Crippen molar-refractivity contribution in [1.82, 2.24) is 4.90 Å². The van der Waals surface area contributed by atoms with E-state index in [9.17, 15) is 9.90 Å². The van der Waals surface area contributed by atoms with Crippen LogP contribution in [0.25, 0.3) is 5.70 Å². The van der Waals surface area contributed by atoms with Crippen LogP contribution in [0.4, 0.5) is 5.69 Å². The Labute approximate surface area is 186 Å². The van der Waals surface area contributed by atoms with Gasteiger partial charge in [0.15, 0.2) is 0 Å². The van der Waals surface area contributed by atoms with Gasteiger partial charge in [-0.15, -0.1) is 0 Å². The highest BCUT2D eigenvalue weighted by molar-refractivity contribution is 6.30. The lowest BCUT2D eigenvalue weighted by Gasteiger charge is -2.36. The summed E-state index contributed by atoms with van der Waals surface area (Å²) in [6.07, 6.45) is 1.11. The van der Waals surface area contributed by atoms with Crippen LogP contribution in [0.2, 0.25) is 5.02 Å². The number of carbonyl (C=O) groups excluding carboxylic acids is 1. The van der Waals surface area contributed by atoms with E-state index < -0.39 is 6.10 Å². The quantitative estimate of drug-likeness (QED) is 0.611. The predicted molar refractivity (Wildman–Crippen MR) is 123 cm³/mol. The molecule has 0 unspecified atom stereocenters. The lowest BCUT2D eigenvalue weighted by Crippen LogP contribution is -2.47. The molecular weight excluding hydrogens is 412 g/mol. The normalized spacial score (nSPS) is 18.3. The SMILES string of the molecule is COc1ccc(N[C@H]2C=C(c3ccc(Cl)cc3)N(C(=O)c3ccccc3)C[C@@H]2O)cc1. The molecule has 0 saturated carbocycles. The number of aliphatic hydroxyl groups is 1. The van der Waals surface area contributed by atoms with Crippen molar-refractivity contribution in [3.8, 4) is 5.75 Å². The molecule has 0 saturated heterocycles. The number of anilines is 1. The average molecular weight is 435 g/mol. The molecule has 1 aliphatic heterocycles. The van der Waals surface area contributed by atoms with Gasteiger partial charge < -0.3 is 20.1 Å². The molecule has 31 heavy (non-hydrogen) atoms. The minimum absolute atomic E-state index is 0.163. The molecule has 0 aromatic heterocycles. The molecule has 0 spiro atoms. The summed E-state index contributed by atoms with van der Waals surface area (Å²) in [7, 11) is 1.62. The van der Waals surface area contributed by atoms with Crippen LogP contribution >= 0.6 is 11.6 Å². The second-order valence-corrected chi connectivity index (χ2v) is 7.74. The van der Waals surface area contributed by atoms with Crippen LogP contribution in [0.3, 0.4) is 0 Å². The van der Waals surface area contributed by atoms with Crippen molar-refractivity contribution in [3.63, 3.8) is 0 Å². The van der Waals surface area contributed by atoms with Gasteiger partial charge in [-0.05, 0) is 60.2 Å². The Balaban J connectivity index is 1.68. The van der Waals surface area contributed by atoms with Gasteiger partial charge in [-0.2, -0.15) is 0 Å². The zero-order valence-electron chi connectivity index (χ0n) is 17.0. The number of hydrogen-bond donors (Lipinski definition) is 2. The molecule has 4 rings (SSSR count). The summed E-state index contributed by atoms with van der Waals surface area (Å²) in [4.78, 5) is 14.9. The lowest BCUT2D eigenvalue weighted by molar-refractivity contribution is 0.0708. The number of nitrogens with one attached hydrogen (secondary N) is 1. The molecule has 1 aliphatic rings. The molecule has 0 bridgehead atoms. The minimum atomic E-state index is -0.786. The van der Waals surface area contributed by atoms with E-state index in [1.54, 1.807) is 36.3 Å². The highest BCUT2D eigenvalue weighted by Crippen LogP contribution is 2.29. The number of β-amino-alcohol motifs (C(OH)–C–C–N with tert-alkyl or cyclic N) is 1. The van der Waals surface area contributed by atoms with Gasteiger partial charge in [0.05, 0.1) is 25.8 Å². The van der Waals surface area contributed by atoms with Gasteiger partial charge in [-0.1, -0.05) is 41.9 Å². The standard InChI is InChI=1S/C25H23ClN2O3/c1-31-21-13-11-20(12-14-21)27-22-15-23(17-7-9-19(26)10-8-17)28(16-24(22)29)25(30)18-5-3-2-4-6-18/h2-15,22,24,27,29H,16H2,1H3/t22-,24-/m0/s1. The largest absolute Gasteiger partial charge is 0.497 e. The van der Waals surface area contributed by atoms with Crippen molar-refractivity contribution >= 4 is 28.9 Å². The Morgan fingerprint density at radius 1 is 1.03 bits per heavy atom. The molecule has 158 valence electrons. The second-order valence-electron chi connectivity index (χ2n) is 7.31. The van der Waals surface area contributed by atoms with Crippen LogP contribution < -0.4 is 10.1 Å². The molecule has 2 N–H and O–H groups in total. The van der Waals surface area contributed by atoms with E-state index in [1.807, 2.05) is 60.7 Å². The maximum atomic E-state index is 13.2. The predicted octanol–water partition coefficient (Wildman–Crippen LogP) is 4.69. The monoisotopic (exact) mass is 434 g/mol. The fraction of sp³-hybridized carbons (Fsp3) is 0.160. The first-order chi connectivity index (χ1) is 15.0. The van der Waals surface area contributed by atoms with Crippen molar-refractivity contribution in [2.24, 2.45) is 0 Å². The van der Waals surface area contributed by atoms with Crippen molar-refractivity contribution < 1.29 is 14.6 Å². The van der Waals surface area contributed by atoms with Crippen molar-refractivity contribution in [2.45, 2.75) is 12.1 Å². The van der Waals surface area contributed by atoms with Gasteiger partial charge in [-0.3, -0.25) is 4.79 Å². The third-order valence-electron chi connectivity index (χ3n) is 5.24. The van der Waals surface area contributed by atoms with E-state index in [4.69, 9.17) is 16.3 Å². The zero-order valence-corrected chi connectivity index (χ0v) is 17.8. The number of benzene rings is 3. The zero-order chi connectivity index (χ0) is 21.8. The summed E-state index contributed by atoms with van der Waals surface area (Å²) in [5.74, 6) is 0.593. The summed E-state index contributed by atoms with van der Waals surface area (Å²) in [5.41, 5.74) is 2.99. The van der Waals surface area contributed by atoms with E-state index in [-0.39, 0.29) is 18.5 Å². The summed E-state index contributed by atoms with van der Waals surface area (Å²) in [6, 6.07) is 23.5. The van der Waals surface area contributed by atoms with Crippen LogP contribution in [0.15, 0.2) is 84.9 Å². The number of ether oxygens (including phenoxy) is 1. The first-order valence-electron chi connectivity index (χ1n) is 9.98. The number of hydrogen-bond acceptors (Lipinski definition) is 4. The minimum Gasteiger partial charge on any atom is -0.497 e. The van der Waals surface area contributed by atoms with Gasteiger partial charge in [0, 0.05) is 22.0 Å². The Hall–Kier alpha value is -3.28. The average Bonchev–Trinajstić information content (AvgIpc) is 2.81. The molecule has 1 heterocycles. The molecule has 3 aromatic rings. The summed E-state index contributed by atoms with van der Waals surface area (Å²) in [5, 5.41) is 14.8. The van der Waals surface area contributed by atoms with Gasteiger partial charge >= 0.3 is 0 Å². The third kappa shape index (κ3) is 4.74. The fourth-order valence-electron chi connectivity index (χ4n) is 3.59. The number of aliphatic hydroxyl groups excluding tert-OH is 1. The number of carbonyl (C=O) groups is 1. The molecule has 2 atom stereocenters. The van der Waals surface area contributed by atoms with Gasteiger partial charge in [-0.25, -0.2) is 0 Å². The van der Waals surface area contributed by atoms with E-state index in [2.05, 4.69) is 5.32 Å². The van der Waals surface area contributed by atoms with Crippen LogP contribution in [-0.4, -0.2) is 41.7 Å². The van der Waals surface area contributed by atoms with Gasteiger partial charge in [0.25, 0.3) is 5.91 Å². The molecule has 5 nitrogen and oxygen atoms in total. The number of halogens is 1. The van der Waals surface area contributed by atoms with E-state index >= 15 is 0 Å². The topological polar surface area (TPSA) is 61.8 Å². The Bertz CT molecular complexity index is 1070. The molecule has 3 aromatic carbocycles. The first kappa shape index (κ1) is 21.0. The van der Waals surface area contributed by atoms with Crippen molar-refractivity contribution in [3.05, 3.63) is 101 Å². The molecular formula is C25H23ClN2O3. The van der Waals surface area contributed by atoms with Crippen molar-refractivity contribution in [1.29, 1.82) is 0 Å². The van der Waals surface area contributed by atoms with Crippen LogP contribution in [0, 0.1) is 0 Å². The van der Waals surface area contributed by atoms with E-state index in [0.717, 1.165) is 22.7 Å². The highest BCUT2D eigenvalue weighted by Gasteiger charge is 2.32. The van der Waals surface area contributed by atoms with Crippen LogP contribution in [0.5, 0.6) is 5.75 Å². The van der Waals surface area contributed by atoms with Crippen molar-refractivity contribution in [2.75, 3.05) is 19.0 Å². The Morgan fingerprint density at radius 2 is 1.71 bits per heavy atom.